The molecule has 1 N–H and O–H groups in total. The molecule has 1 aromatic heterocycles. The Hall–Kier alpha value is -3.19. The summed E-state index contributed by atoms with van der Waals surface area (Å²) in [6, 6.07) is 14.3. The molecule has 0 aliphatic carbocycles. The molecule has 7 heteroatoms. The summed E-state index contributed by atoms with van der Waals surface area (Å²) in [5, 5.41) is 10.9. The van der Waals surface area contributed by atoms with Gasteiger partial charge in [0.25, 0.3) is 5.91 Å². The number of fused-ring (bicyclic) bond motifs is 2. The number of anilines is 4. The van der Waals surface area contributed by atoms with Crippen molar-refractivity contribution in [1.29, 1.82) is 0 Å². The summed E-state index contributed by atoms with van der Waals surface area (Å²) < 4.78 is 11.0. The Balaban J connectivity index is 1.74. The molecule has 29 heavy (non-hydrogen) atoms. The van der Waals surface area contributed by atoms with Gasteiger partial charge in [-0.05, 0) is 56.0 Å². The van der Waals surface area contributed by atoms with Gasteiger partial charge < -0.3 is 14.5 Å². The molecule has 1 aliphatic heterocycles. The van der Waals surface area contributed by atoms with E-state index < -0.39 is 0 Å². The summed E-state index contributed by atoms with van der Waals surface area (Å²) in [5.74, 6) is 0.388. The fourth-order valence-corrected chi connectivity index (χ4v) is 3.44. The third kappa shape index (κ3) is 4.14. The van der Waals surface area contributed by atoms with Crippen molar-refractivity contribution >= 4 is 29.0 Å². The van der Waals surface area contributed by atoms with Gasteiger partial charge in [-0.25, -0.2) is 0 Å². The first-order valence-corrected chi connectivity index (χ1v) is 9.74. The van der Waals surface area contributed by atoms with Gasteiger partial charge in [-0.2, -0.15) is 0 Å². The molecule has 0 bridgehead atoms. The monoisotopic (exact) mass is 392 g/mol. The van der Waals surface area contributed by atoms with Crippen LogP contribution in [0.5, 0.6) is 0 Å². The number of rotatable bonds is 5. The molecule has 0 atom stereocenters. The highest BCUT2D eigenvalue weighted by atomic mass is 16.5. The molecule has 1 amide bonds. The molecule has 1 aliphatic rings. The maximum Gasteiger partial charge on any atom is 0.320 e. The van der Waals surface area contributed by atoms with E-state index in [0.29, 0.717) is 11.9 Å². The SMILES string of the molecule is Cc1nnc(Nc2ccc3c(c2)N(C(=O)COC(C)C)c2ccccc2CC3)o1. The van der Waals surface area contributed by atoms with Crippen LogP contribution in [-0.2, 0) is 22.4 Å². The van der Waals surface area contributed by atoms with Crippen LogP contribution in [0.4, 0.5) is 23.1 Å². The van der Waals surface area contributed by atoms with E-state index in [1.54, 1.807) is 11.8 Å². The molecular weight excluding hydrogens is 368 g/mol. The molecule has 0 fully saturated rings. The standard InChI is InChI=1S/C22H24N4O3/c1-14(2)28-13-21(27)26-19-7-5-4-6-16(19)8-9-17-10-11-18(12-20(17)26)23-22-25-24-15(3)29-22/h4-7,10-12,14H,8-9,13H2,1-3H3,(H,23,25). The molecule has 0 saturated carbocycles. The highest BCUT2D eigenvalue weighted by Crippen LogP contribution is 2.38. The minimum Gasteiger partial charge on any atom is -0.408 e. The first-order chi connectivity index (χ1) is 14.0. The number of nitrogens with zero attached hydrogens (tertiary/aromatic N) is 3. The molecular formula is C22H24N4O3. The Kier molecular flexibility index (Phi) is 5.31. The lowest BCUT2D eigenvalue weighted by Gasteiger charge is -2.26. The summed E-state index contributed by atoms with van der Waals surface area (Å²) in [5.41, 5.74) is 4.76. The number of carbonyl (C=O) groups is 1. The maximum absolute atomic E-state index is 13.2. The maximum atomic E-state index is 13.2. The predicted molar refractivity (Wildman–Crippen MR) is 111 cm³/mol. The Morgan fingerprint density at radius 1 is 1.14 bits per heavy atom. The molecule has 7 nitrogen and oxygen atoms in total. The minimum atomic E-state index is -0.0971. The Labute approximate surface area is 169 Å². The number of ether oxygens (including phenoxy) is 1. The Bertz CT molecular complexity index is 1030. The van der Waals surface area contributed by atoms with Gasteiger partial charge >= 0.3 is 6.01 Å². The van der Waals surface area contributed by atoms with Gasteiger partial charge in [-0.15, -0.1) is 5.10 Å². The fourth-order valence-electron chi connectivity index (χ4n) is 3.44. The van der Waals surface area contributed by atoms with Crippen molar-refractivity contribution in [3.63, 3.8) is 0 Å². The van der Waals surface area contributed by atoms with E-state index >= 15 is 0 Å². The molecule has 2 aromatic carbocycles. The number of amides is 1. The summed E-state index contributed by atoms with van der Waals surface area (Å²) in [4.78, 5) is 15.0. The van der Waals surface area contributed by atoms with E-state index in [1.807, 2.05) is 50.2 Å². The van der Waals surface area contributed by atoms with E-state index in [-0.39, 0.29) is 18.6 Å². The van der Waals surface area contributed by atoms with Crippen LogP contribution in [0, 0.1) is 6.92 Å². The van der Waals surface area contributed by atoms with Crippen molar-refractivity contribution in [2.24, 2.45) is 0 Å². The zero-order valence-corrected chi connectivity index (χ0v) is 16.8. The Morgan fingerprint density at radius 2 is 1.90 bits per heavy atom. The molecule has 3 aromatic rings. The number of aryl methyl sites for hydroxylation is 3. The predicted octanol–water partition coefficient (Wildman–Crippen LogP) is 4.31. The number of aromatic nitrogens is 2. The van der Waals surface area contributed by atoms with Gasteiger partial charge in [0.2, 0.25) is 5.89 Å². The highest BCUT2D eigenvalue weighted by molar-refractivity contribution is 6.03. The van der Waals surface area contributed by atoms with Crippen molar-refractivity contribution in [2.45, 2.75) is 39.7 Å². The number of carbonyl (C=O) groups excluding carboxylic acids is 1. The van der Waals surface area contributed by atoms with Gasteiger partial charge in [-0.1, -0.05) is 29.4 Å². The lowest BCUT2D eigenvalue weighted by atomic mass is 10.0. The molecule has 0 unspecified atom stereocenters. The van der Waals surface area contributed by atoms with Crippen LogP contribution in [0.3, 0.4) is 0 Å². The van der Waals surface area contributed by atoms with Gasteiger partial charge in [0.15, 0.2) is 0 Å². The van der Waals surface area contributed by atoms with E-state index in [1.165, 1.54) is 0 Å². The first kappa shape index (κ1) is 19.1. The van der Waals surface area contributed by atoms with Crippen LogP contribution in [0.25, 0.3) is 0 Å². The minimum absolute atomic E-state index is 0.0191. The second kappa shape index (κ2) is 8.05. The highest BCUT2D eigenvalue weighted by Gasteiger charge is 2.26. The zero-order valence-electron chi connectivity index (χ0n) is 16.8. The van der Waals surface area contributed by atoms with E-state index in [4.69, 9.17) is 9.15 Å². The Morgan fingerprint density at radius 3 is 2.62 bits per heavy atom. The molecule has 0 spiro atoms. The quantitative estimate of drug-likeness (QED) is 0.697. The summed E-state index contributed by atoms with van der Waals surface area (Å²) in [7, 11) is 0. The number of benzene rings is 2. The zero-order chi connectivity index (χ0) is 20.4. The normalized spacial score (nSPS) is 13.0. The van der Waals surface area contributed by atoms with Crippen LogP contribution in [0.2, 0.25) is 0 Å². The smallest absolute Gasteiger partial charge is 0.320 e. The third-order valence-electron chi connectivity index (χ3n) is 4.79. The van der Waals surface area contributed by atoms with Crippen molar-refractivity contribution in [1.82, 2.24) is 10.2 Å². The first-order valence-electron chi connectivity index (χ1n) is 9.74. The van der Waals surface area contributed by atoms with Gasteiger partial charge in [0, 0.05) is 12.6 Å². The van der Waals surface area contributed by atoms with E-state index in [0.717, 1.165) is 41.0 Å². The number of nitrogens with one attached hydrogen (secondary N) is 1. The summed E-state index contributed by atoms with van der Waals surface area (Å²) in [6.45, 7) is 5.60. The molecule has 0 radical (unpaired) electrons. The number of para-hydroxylation sites is 1. The fraction of sp³-hybridized carbons (Fsp3) is 0.318. The molecule has 4 rings (SSSR count). The van der Waals surface area contributed by atoms with Gasteiger partial charge in [0.05, 0.1) is 17.5 Å². The van der Waals surface area contributed by atoms with Crippen LogP contribution in [0.1, 0.15) is 30.9 Å². The van der Waals surface area contributed by atoms with Gasteiger partial charge in [-0.3, -0.25) is 9.69 Å². The van der Waals surface area contributed by atoms with Crippen molar-refractivity contribution in [3.8, 4) is 0 Å². The second-order valence-corrected chi connectivity index (χ2v) is 7.31. The van der Waals surface area contributed by atoms with Crippen molar-refractivity contribution in [3.05, 3.63) is 59.5 Å². The van der Waals surface area contributed by atoms with Crippen molar-refractivity contribution in [2.75, 3.05) is 16.8 Å². The number of hydrogen-bond donors (Lipinski definition) is 1. The van der Waals surface area contributed by atoms with Crippen LogP contribution >= 0.6 is 0 Å². The number of hydrogen-bond acceptors (Lipinski definition) is 6. The average molecular weight is 392 g/mol. The molecule has 0 saturated heterocycles. The molecule has 150 valence electrons. The average Bonchev–Trinajstić information content (AvgIpc) is 3.03. The lowest BCUT2D eigenvalue weighted by Crippen LogP contribution is -2.31. The largest absolute Gasteiger partial charge is 0.408 e. The van der Waals surface area contributed by atoms with Crippen LogP contribution in [-0.4, -0.2) is 28.8 Å². The third-order valence-corrected chi connectivity index (χ3v) is 4.79. The lowest BCUT2D eigenvalue weighted by molar-refractivity contribution is -0.123. The second-order valence-electron chi connectivity index (χ2n) is 7.31. The summed E-state index contributed by atoms with van der Waals surface area (Å²) in [6.07, 6.45) is 1.70. The van der Waals surface area contributed by atoms with E-state index in [2.05, 4.69) is 21.6 Å². The van der Waals surface area contributed by atoms with E-state index in [9.17, 15) is 4.79 Å². The van der Waals surface area contributed by atoms with Crippen LogP contribution in [0.15, 0.2) is 46.9 Å². The molecule has 2 heterocycles. The van der Waals surface area contributed by atoms with Gasteiger partial charge in [0.1, 0.15) is 6.61 Å². The summed E-state index contributed by atoms with van der Waals surface area (Å²) >= 11 is 0. The van der Waals surface area contributed by atoms with Crippen molar-refractivity contribution < 1.29 is 13.9 Å². The topological polar surface area (TPSA) is 80.5 Å². The van der Waals surface area contributed by atoms with Crippen LogP contribution < -0.4 is 10.2 Å².